The van der Waals surface area contributed by atoms with Crippen LogP contribution in [0.15, 0.2) is 22.7 Å². The van der Waals surface area contributed by atoms with Crippen LogP contribution < -0.4 is 5.73 Å². The molecule has 0 fully saturated rings. The Hall–Kier alpha value is -1.68. The zero-order valence-corrected chi connectivity index (χ0v) is 11.1. The molecule has 0 spiro atoms. The van der Waals surface area contributed by atoms with Crippen molar-refractivity contribution in [2.24, 2.45) is 5.73 Å². The lowest BCUT2D eigenvalue weighted by Gasteiger charge is -2.04. The van der Waals surface area contributed by atoms with Crippen molar-refractivity contribution in [1.82, 2.24) is 10.1 Å². The summed E-state index contributed by atoms with van der Waals surface area (Å²) in [6, 6.07) is 5.91. The minimum absolute atomic E-state index is 0.141. The molecule has 96 valence electrons. The van der Waals surface area contributed by atoms with Crippen molar-refractivity contribution in [1.29, 1.82) is 0 Å². The normalized spacial score (nSPS) is 12.7. The summed E-state index contributed by atoms with van der Waals surface area (Å²) in [6.07, 6.45) is 1.88. The lowest BCUT2D eigenvalue weighted by atomic mass is 10.0. The molecular formula is C14H19N3O. The maximum absolute atomic E-state index is 5.98. The number of hydrogen-bond acceptors (Lipinski definition) is 4. The van der Waals surface area contributed by atoms with Crippen molar-refractivity contribution in [3.05, 3.63) is 35.2 Å². The van der Waals surface area contributed by atoms with Crippen molar-refractivity contribution in [2.75, 3.05) is 0 Å². The maximum atomic E-state index is 5.98. The molecule has 1 aromatic carbocycles. The second-order valence-corrected chi connectivity index (χ2v) is 4.60. The van der Waals surface area contributed by atoms with Crippen molar-refractivity contribution < 1.29 is 4.52 Å². The van der Waals surface area contributed by atoms with Gasteiger partial charge in [0, 0.05) is 5.56 Å². The van der Waals surface area contributed by atoms with Crippen molar-refractivity contribution >= 4 is 0 Å². The summed E-state index contributed by atoms with van der Waals surface area (Å²) < 4.78 is 5.31. The van der Waals surface area contributed by atoms with Gasteiger partial charge in [0.2, 0.25) is 0 Å². The van der Waals surface area contributed by atoms with E-state index in [4.69, 9.17) is 10.3 Å². The van der Waals surface area contributed by atoms with Crippen LogP contribution in [0.5, 0.6) is 0 Å². The van der Waals surface area contributed by atoms with Gasteiger partial charge in [-0.05, 0) is 37.5 Å². The number of hydrogen-bond donors (Lipinski definition) is 1. The van der Waals surface area contributed by atoms with Gasteiger partial charge < -0.3 is 10.3 Å². The molecule has 2 rings (SSSR count). The molecule has 2 aromatic rings. The van der Waals surface area contributed by atoms with Gasteiger partial charge >= 0.3 is 0 Å². The van der Waals surface area contributed by atoms with Crippen LogP contribution in [0.4, 0.5) is 0 Å². The quantitative estimate of drug-likeness (QED) is 0.898. The van der Waals surface area contributed by atoms with E-state index < -0.39 is 0 Å². The molecule has 0 saturated heterocycles. The molecule has 0 aliphatic rings. The van der Waals surface area contributed by atoms with Gasteiger partial charge in [0.1, 0.15) is 0 Å². The van der Waals surface area contributed by atoms with E-state index in [9.17, 15) is 0 Å². The van der Waals surface area contributed by atoms with Crippen LogP contribution in [-0.2, 0) is 0 Å². The van der Waals surface area contributed by atoms with Gasteiger partial charge in [0.25, 0.3) is 5.89 Å². The fraction of sp³-hybridized carbons (Fsp3) is 0.429. The van der Waals surface area contributed by atoms with Crippen LogP contribution in [0.25, 0.3) is 11.5 Å². The first-order valence-electron chi connectivity index (χ1n) is 6.29. The predicted molar refractivity (Wildman–Crippen MR) is 71.0 cm³/mol. The van der Waals surface area contributed by atoms with E-state index in [0.29, 0.717) is 11.7 Å². The third-order valence-electron chi connectivity index (χ3n) is 3.21. The molecule has 2 N–H and O–H groups in total. The van der Waals surface area contributed by atoms with Crippen LogP contribution >= 0.6 is 0 Å². The lowest BCUT2D eigenvalue weighted by Crippen LogP contribution is -2.11. The van der Waals surface area contributed by atoms with E-state index in [2.05, 4.69) is 37.0 Å². The predicted octanol–water partition coefficient (Wildman–Crippen LogP) is 3.15. The van der Waals surface area contributed by atoms with Crippen molar-refractivity contribution in [3.63, 3.8) is 0 Å². The first-order chi connectivity index (χ1) is 8.63. The summed E-state index contributed by atoms with van der Waals surface area (Å²) in [6.45, 7) is 6.21. The molecule has 4 heteroatoms. The average Bonchev–Trinajstić information content (AvgIpc) is 2.82. The van der Waals surface area contributed by atoms with E-state index in [1.54, 1.807) is 0 Å². The van der Waals surface area contributed by atoms with Crippen LogP contribution in [0.1, 0.15) is 42.8 Å². The Bertz CT molecular complexity index is 534. The van der Waals surface area contributed by atoms with Gasteiger partial charge in [-0.2, -0.15) is 4.98 Å². The number of rotatable bonds is 4. The topological polar surface area (TPSA) is 64.9 Å². The highest BCUT2D eigenvalue weighted by Crippen LogP contribution is 2.25. The molecule has 0 saturated carbocycles. The second kappa shape index (κ2) is 5.31. The summed E-state index contributed by atoms with van der Waals surface area (Å²) in [5.74, 6) is 1.14. The Labute approximate surface area is 107 Å². The Morgan fingerprint density at radius 2 is 2.11 bits per heavy atom. The molecule has 4 nitrogen and oxygen atoms in total. The Balaban J connectivity index is 2.32. The van der Waals surface area contributed by atoms with Gasteiger partial charge in [-0.1, -0.05) is 30.6 Å². The fourth-order valence-electron chi connectivity index (χ4n) is 1.92. The van der Waals surface area contributed by atoms with Crippen LogP contribution in [0.3, 0.4) is 0 Å². The number of nitrogens with two attached hydrogens (primary N) is 1. The second-order valence-electron chi connectivity index (χ2n) is 4.60. The van der Waals surface area contributed by atoms with Crippen LogP contribution in [-0.4, -0.2) is 10.1 Å². The smallest absolute Gasteiger partial charge is 0.258 e. The SMILES string of the molecule is CCCC(N)c1noc(-c2cccc(C)c2C)n1. The molecule has 1 unspecified atom stereocenters. The Morgan fingerprint density at radius 1 is 1.33 bits per heavy atom. The molecule has 0 amide bonds. The Morgan fingerprint density at radius 3 is 2.83 bits per heavy atom. The van der Waals surface area contributed by atoms with E-state index in [1.807, 2.05) is 12.1 Å². The largest absolute Gasteiger partial charge is 0.334 e. The monoisotopic (exact) mass is 245 g/mol. The summed E-state index contributed by atoms with van der Waals surface area (Å²) >= 11 is 0. The number of aromatic nitrogens is 2. The van der Waals surface area contributed by atoms with E-state index >= 15 is 0 Å². The highest BCUT2D eigenvalue weighted by atomic mass is 16.5. The highest BCUT2D eigenvalue weighted by Gasteiger charge is 2.16. The minimum atomic E-state index is -0.141. The standard InChI is InChI=1S/C14H19N3O/c1-4-6-12(15)13-16-14(18-17-13)11-8-5-7-9(2)10(11)3/h5,7-8,12H,4,6,15H2,1-3H3. The van der Waals surface area contributed by atoms with Gasteiger partial charge in [0.05, 0.1) is 6.04 Å². The molecule has 1 atom stereocenters. The molecule has 0 radical (unpaired) electrons. The molecule has 18 heavy (non-hydrogen) atoms. The number of aryl methyl sites for hydroxylation is 1. The number of benzene rings is 1. The first-order valence-corrected chi connectivity index (χ1v) is 6.29. The summed E-state index contributed by atoms with van der Waals surface area (Å²) in [5, 5.41) is 3.97. The zero-order chi connectivity index (χ0) is 13.1. The maximum Gasteiger partial charge on any atom is 0.258 e. The molecule has 0 bridgehead atoms. The van der Waals surface area contributed by atoms with E-state index in [-0.39, 0.29) is 6.04 Å². The molecular weight excluding hydrogens is 226 g/mol. The van der Waals surface area contributed by atoms with E-state index in [1.165, 1.54) is 5.56 Å². The molecule has 0 aliphatic carbocycles. The van der Waals surface area contributed by atoms with Gasteiger partial charge in [-0.15, -0.1) is 0 Å². The minimum Gasteiger partial charge on any atom is -0.334 e. The van der Waals surface area contributed by atoms with Gasteiger partial charge in [-0.25, -0.2) is 0 Å². The third kappa shape index (κ3) is 2.43. The van der Waals surface area contributed by atoms with Crippen LogP contribution in [0, 0.1) is 13.8 Å². The summed E-state index contributed by atoms with van der Waals surface area (Å²) in [7, 11) is 0. The fourth-order valence-corrected chi connectivity index (χ4v) is 1.92. The lowest BCUT2D eigenvalue weighted by molar-refractivity contribution is 0.413. The van der Waals surface area contributed by atoms with Crippen molar-refractivity contribution in [3.8, 4) is 11.5 Å². The number of nitrogens with zero attached hydrogens (tertiary/aromatic N) is 2. The summed E-state index contributed by atoms with van der Waals surface area (Å²) in [4.78, 5) is 4.40. The van der Waals surface area contributed by atoms with Crippen molar-refractivity contribution in [2.45, 2.75) is 39.7 Å². The zero-order valence-electron chi connectivity index (χ0n) is 11.1. The molecule has 1 heterocycles. The molecule has 0 aliphatic heterocycles. The average molecular weight is 245 g/mol. The Kier molecular flexibility index (Phi) is 3.77. The molecule has 1 aromatic heterocycles. The third-order valence-corrected chi connectivity index (χ3v) is 3.21. The van der Waals surface area contributed by atoms with Gasteiger partial charge in [-0.3, -0.25) is 0 Å². The van der Waals surface area contributed by atoms with Crippen LogP contribution in [0.2, 0.25) is 0 Å². The first kappa shape index (κ1) is 12.8. The van der Waals surface area contributed by atoms with E-state index in [0.717, 1.165) is 24.0 Å². The van der Waals surface area contributed by atoms with Gasteiger partial charge in [0.15, 0.2) is 5.82 Å². The highest BCUT2D eigenvalue weighted by molar-refractivity contribution is 5.60. The summed E-state index contributed by atoms with van der Waals surface area (Å²) in [5.41, 5.74) is 9.34.